The Kier molecular flexibility index (Phi) is 7.74. The van der Waals surface area contributed by atoms with E-state index in [4.69, 9.17) is 5.73 Å². The maximum atomic E-state index is 12.4. The van der Waals surface area contributed by atoms with Crippen molar-refractivity contribution in [1.82, 2.24) is 5.32 Å². The van der Waals surface area contributed by atoms with Crippen LogP contribution in [0.15, 0.2) is 0 Å². The van der Waals surface area contributed by atoms with Crippen molar-refractivity contribution < 1.29 is 18.0 Å². The topological polar surface area (TPSA) is 55.1 Å². The molecule has 1 aliphatic carbocycles. The van der Waals surface area contributed by atoms with Gasteiger partial charge in [0, 0.05) is 18.5 Å². The van der Waals surface area contributed by atoms with Gasteiger partial charge in [0.25, 0.3) is 0 Å². The number of carbonyl (C=O) groups excluding carboxylic acids is 1. The van der Waals surface area contributed by atoms with Gasteiger partial charge in [-0.05, 0) is 39.0 Å². The highest BCUT2D eigenvalue weighted by Crippen LogP contribution is 2.37. The Morgan fingerprint density at radius 1 is 1.32 bits per heavy atom. The summed E-state index contributed by atoms with van der Waals surface area (Å²) in [4.78, 5) is 11.5. The third kappa shape index (κ3) is 7.01. The lowest BCUT2D eigenvalue weighted by Crippen LogP contribution is -2.40. The Balaban J connectivity index is 0.00000324. The molecule has 0 aromatic carbocycles. The summed E-state index contributed by atoms with van der Waals surface area (Å²) in [5, 5.41) is 2.78. The Bertz CT molecular complexity index is 277. The zero-order valence-corrected chi connectivity index (χ0v) is 11.8. The highest BCUT2D eigenvalue weighted by molar-refractivity contribution is 5.85. The van der Waals surface area contributed by atoms with Crippen LogP contribution >= 0.6 is 12.4 Å². The number of hydrogen-bond acceptors (Lipinski definition) is 2. The van der Waals surface area contributed by atoms with Crippen LogP contribution in [0.25, 0.3) is 0 Å². The van der Waals surface area contributed by atoms with Gasteiger partial charge in [-0.2, -0.15) is 13.2 Å². The first-order valence-corrected chi connectivity index (χ1v) is 6.40. The Hall–Kier alpha value is -0.490. The molecule has 1 rings (SSSR count). The van der Waals surface area contributed by atoms with E-state index in [0.717, 1.165) is 0 Å². The number of amides is 1. The summed E-state index contributed by atoms with van der Waals surface area (Å²) >= 11 is 0. The van der Waals surface area contributed by atoms with E-state index in [0.29, 0.717) is 25.7 Å². The molecule has 3 N–H and O–H groups in total. The second-order valence-electron chi connectivity index (χ2n) is 5.17. The first-order valence-electron chi connectivity index (χ1n) is 6.40. The van der Waals surface area contributed by atoms with Gasteiger partial charge in [-0.1, -0.05) is 0 Å². The lowest BCUT2D eigenvalue weighted by atomic mass is 9.85. The first-order chi connectivity index (χ1) is 8.29. The molecule has 114 valence electrons. The lowest BCUT2D eigenvalue weighted by molar-refractivity contribution is -0.182. The van der Waals surface area contributed by atoms with Crippen molar-refractivity contribution in [2.24, 2.45) is 11.7 Å². The smallest absolute Gasteiger partial charge is 0.353 e. The molecule has 0 aliphatic heterocycles. The molecule has 1 unspecified atom stereocenters. The zero-order valence-electron chi connectivity index (χ0n) is 11.0. The van der Waals surface area contributed by atoms with Crippen molar-refractivity contribution >= 4 is 18.3 Å². The minimum Gasteiger partial charge on any atom is -0.353 e. The average molecular weight is 303 g/mol. The zero-order chi connectivity index (χ0) is 13.8. The van der Waals surface area contributed by atoms with Crippen LogP contribution in [0.3, 0.4) is 0 Å². The highest BCUT2D eigenvalue weighted by Gasteiger charge is 2.41. The maximum absolute atomic E-state index is 12.4. The number of hydrogen-bond donors (Lipinski definition) is 2. The van der Waals surface area contributed by atoms with E-state index in [9.17, 15) is 18.0 Å². The van der Waals surface area contributed by atoms with Gasteiger partial charge in [-0.25, -0.2) is 0 Å². The molecule has 7 heteroatoms. The molecule has 19 heavy (non-hydrogen) atoms. The van der Waals surface area contributed by atoms with E-state index in [1.165, 1.54) is 0 Å². The van der Waals surface area contributed by atoms with Crippen molar-refractivity contribution in [3.63, 3.8) is 0 Å². The van der Waals surface area contributed by atoms with Gasteiger partial charge >= 0.3 is 6.18 Å². The molecule has 1 saturated carbocycles. The second kappa shape index (κ2) is 7.94. The van der Waals surface area contributed by atoms with Gasteiger partial charge in [0.05, 0.1) is 5.92 Å². The predicted molar refractivity (Wildman–Crippen MR) is 70.1 cm³/mol. The molecule has 0 aromatic heterocycles. The van der Waals surface area contributed by atoms with Crippen LogP contribution in [-0.4, -0.2) is 24.2 Å². The summed E-state index contributed by atoms with van der Waals surface area (Å²) in [5.41, 5.74) is 5.53. The maximum Gasteiger partial charge on any atom is 0.391 e. The van der Waals surface area contributed by atoms with Crippen molar-refractivity contribution in [1.29, 1.82) is 0 Å². The number of nitrogens with two attached hydrogens (primary N) is 1. The monoisotopic (exact) mass is 302 g/mol. The molecule has 1 fully saturated rings. The van der Waals surface area contributed by atoms with E-state index in [1.807, 2.05) is 6.92 Å². The van der Waals surface area contributed by atoms with E-state index in [1.54, 1.807) is 0 Å². The van der Waals surface area contributed by atoms with Crippen LogP contribution in [0.4, 0.5) is 13.2 Å². The van der Waals surface area contributed by atoms with Crippen molar-refractivity contribution in [2.75, 3.05) is 0 Å². The molecule has 1 amide bonds. The molecule has 3 nitrogen and oxygen atoms in total. The third-order valence-electron chi connectivity index (χ3n) is 3.38. The Morgan fingerprint density at radius 2 is 1.84 bits per heavy atom. The van der Waals surface area contributed by atoms with Crippen LogP contribution in [0.2, 0.25) is 0 Å². The van der Waals surface area contributed by atoms with Gasteiger partial charge in [0.15, 0.2) is 0 Å². The standard InChI is InChI=1S/C12H21F3N2O.ClH/c1-8(16)2-7-11(18)17-10-5-3-9(4-6-10)12(13,14)15;/h8-10H,2-7,16H2,1H3,(H,17,18);1H. The fraction of sp³-hybridized carbons (Fsp3) is 0.917. The predicted octanol–water partition coefficient (Wildman–Crippen LogP) is 2.77. The van der Waals surface area contributed by atoms with Gasteiger partial charge in [0.1, 0.15) is 0 Å². The number of nitrogens with one attached hydrogen (secondary N) is 1. The number of carbonyl (C=O) groups is 1. The lowest BCUT2D eigenvalue weighted by Gasteiger charge is -2.30. The fourth-order valence-electron chi connectivity index (χ4n) is 2.22. The minimum atomic E-state index is -4.09. The largest absolute Gasteiger partial charge is 0.391 e. The quantitative estimate of drug-likeness (QED) is 0.839. The molecule has 0 heterocycles. The summed E-state index contributed by atoms with van der Waals surface area (Å²) in [7, 11) is 0. The third-order valence-corrected chi connectivity index (χ3v) is 3.38. The summed E-state index contributed by atoms with van der Waals surface area (Å²) < 4.78 is 37.3. The van der Waals surface area contributed by atoms with Gasteiger partial charge < -0.3 is 11.1 Å². The van der Waals surface area contributed by atoms with Gasteiger partial charge in [-0.15, -0.1) is 12.4 Å². The van der Waals surface area contributed by atoms with Gasteiger partial charge in [-0.3, -0.25) is 4.79 Å². The second-order valence-corrected chi connectivity index (χ2v) is 5.17. The van der Waals surface area contributed by atoms with E-state index >= 15 is 0 Å². The molecule has 0 radical (unpaired) electrons. The minimum absolute atomic E-state index is 0. The normalized spacial score (nSPS) is 25.3. The molecule has 1 aliphatic rings. The number of halogens is 4. The van der Waals surface area contributed by atoms with Crippen LogP contribution < -0.4 is 11.1 Å². The number of rotatable bonds is 4. The summed E-state index contributed by atoms with van der Waals surface area (Å²) in [5.74, 6) is -1.31. The van der Waals surface area contributed by atoms with E-state index in [2.05, 4.69) is 5.32 Å². The molecule has 1 atom stereocenters. The highest BCUT2D eigenvalue weighted by atomic mass is 35.5. The summed E-state index contributed by atoms with van der Waals surface area (Å²) in [6.45, 7) is 1.82. The van der Waals surface area contributed by atoms with Gasteiger partial charge in [0.2, 0.25) is 5.91 Å². The van der Waals surface area contributed by atoms with Crippen molar-refractivity contribution in [2.45, 2.75) is 63.7 Å². The summed E-state index contributed by atoms with van der Waals surface area (Å²) in [6.07, 6.45) is -2.10. The fourth-order valence-corrected chi connectivity index (χ4v) is 2.22. The Labute approximate surface area is 117 Å². The van der Waals surface area contributed by atoms with Crippen LogP contribution in [0, 0.1) is 5.92 Å². The average Bonchev–Trinajstić information content (AvgIpc) is 2.26. The first kappa shape index (κ1) is 18.5. The van der Waals surface area contributed by atoms with Crippen molar-refractivity contribution in [3.8, 4) is 0 Å². The Morgan fingerprint density at radius 3 is 2.26 bits per heavy atom. The van der Waals surface area contributed by atoms with E-state index in [-0.39, 0.29) is 43.2 Å². The van der Waals surface area contributed by atoms with Crippen LogP contribution in [0.1, 0.15) is 45.4 Å². The molecule has 0 bridgehead atoms. The molecular weight excluding hydrogens is 281 g/mol. The van der Waals surface area contributed by atoms with Crippen molar-refractivity contribution in [3.05, 3.63) is 0 Å². The molecule has 0 spiro atoms. The molecule has 0 saturated heterocycles. The van der Waals surface area contributed by atoms with Crippen LogP contribution in [-0.2, 0) is 4.79 Å². The SMILES string of the molecule is CC(N)CCC(=O)NC1CCC(C(F)(F)F)CC1.Cl. The number of alkyl halides is 3. The summed E-state index contributed by atoms with van der Waals surface area (Å²) in [6, 6.07) is -0.138. The van der Waals surface area contributed by atoms with Crippen LogP contribution in [0.5, 0.6) is 0 Å². The molecule has 0 aromatic rings. The molecular formula is C12H22ClF3N2O. The van der Waals surface area contributed by atoms with E-state index < -0.39 is 12.1 Å².